The van der Waals surface area contributed by atoms with E-state index in [1.807, 2.05) is 32.0 Å². The number of hydrogen-bond acceptors (Lipinski definition) is 5. The summed E-state index contributed by atoms with van der Waals surface area (Å²) < 4.78 is -0.0604. The molecule has 0 saturated carbocycles. The molecule has 0 radical (unpaired) electrons. The van der Waals surface area contributed by atoms with Crippen LogP contribution >= 0.6 is 35.7 Å². The summed E-state index contributed by atoms with van der Waals surface area (Å²) in [5, 5.41) is 8.58. The Balaban J connectivity index is 2.58. The minimum Gasteiger partial charge on any atom is -0.481 e. The number of benzene rings is 1. The SMILES string of the molecule is CC(C)(SC(=S)SCCC(=O)O)C(=O)c1ccccc1. The van der Waals surface area contributed by atoms with Crippen LogP contribution in [0.25, 0.3) is 0 Å². The van der Waals surface area contributed by atoms with Gasteiger partial charge in [0.1, 0.15) is 3.53 Å². The summed E-state index contributed by atoms with van der Waals surface area (Å²) in [7, 11) is 0. The minimum absolute atomic E-state index is 0.0179. The van der Waals surface area contributed by atoms with Gasteiger partial charge in [0.15, 0.2) is 5.78 Å². The highest BCUT2D eigenvalue weighted by atomic mass is 32.2. The molecular formula is C14H16O3S3. The lowest BCUT2D eigenvalue weighted by molar-refractivity contribution is -0.136. The number of hydrogen-bond donors (Lipinski definition) is 1. The number of carboxylic acid groups (broad SMARTS) is 1. The van der Waals surface area contributed by atoms with Crippen molar-refractivity contribution in [2.45, 2.75) is 25.0 Å². The van der Waals surface area contributed by atoms with Crippen LogP contribution in [0.1, 0.15) is 30.6 Å². The molecule has 1 N–H and O–H groups in total. The Bertz CT molecular complexity index is 498. The monoisotopic (exact) mass is 328 g/mol. The lowest BCUT2D eigenvalue weighted by Gasteiger charge is -2.22. The molecule has 0 aliphatic rings. The summed E-state index contributed by atoms with van der Waals surface area (Å²) >= 11 is 7.82. The van der Waals surface area contributed by atoms with Crippen molar-refractivity contribution in [3.05, 3.63) is 35.9 Å². The standard InChI is InChI=1S/C14H16O3S3/c1-14(2,12(17)10-6-4-3-5-7-10)20-13(18)19-9-8-11(15)16/h3-7H,8-9H2,1-2H3,(H,15,16). The molecule has 0 unspecified atom stereocenters. The Morgan fingerprint density at radius 2 is 1.85 bits per heavy atom. The van der Waals surface area contributed by atoms with Crippen LogP contribution in [-0.4, -0.2) is 30.9 Å². The van der Waals surface area contributed by atoms with E-state index in [4.69, 9.17) is 17.3 Å². The van der Waals surface area contributed by atoms with Crippen LogP contribution in [0.4, 0.5) is 0 Å². The molecule has 0 fully saturated rings. The van der Waals surface area contributed by atoms with Crippen LogP contribution < -0.4 is 0 Å². The maximum atomic E-state index is 12.4. The number of carbonyl (C=O) groups excluding carboxylic acids is 1. The summed E-state index contributed by atoms with van der Waals surface area (Å²) in [5.41, 5.74) is 0.656. The van der Waals surface area contributed by atoms with Crippen LogP contribution in [0.15, 0.2) is 30.3 Å². The van der Waals surface area contributed by atoms with E-state index in [9.17, 15) is 9.59 Å². The quantitative estimate of drug-likeness (QED) is 0.632. The topological polar surface area (TPSA) is 54.4 Å². The van der Waals surface area contributed by atoms with Crippen LogP contribution in [0.3, 0.4) is 0 Å². The molecule has 0 spiro atoms. The maximum Gasteiger partial charge on any atom is 0.304 e. The van der Waals surface area contributed by atoms with Gasteiger partial charge in [0.2, 0.25) is 0 Å². The van der Waals surface area contributed by atoms with Gasteiger partial charge in [0, 0.05) is 11.3 Å². The van der Waals surface area contributed by atoms with Crippen molar-refractivity contribution in [3.63, 3.8) is 0 Å². The van der Waals surface area contributed by atoms with Gasteiger partial charge in [-0.3, -0.25) is 9.59 Å². The fourth-order valence-corrected chi connectivity index (χ4v) is 4.50. The molecule has 0 bridgehead atoms. The Hall–Kier alpha value is -0.850. The number of thioether (sulfide) groups is 2. The van der Waals surface area contributed by atoms with Crippen LogP contribution in [0.5, 0.6) is 0 Å². The number of ketones is 1. The molecule has 108 valence electrons. The molecule has 3 nitrogen and oxygen atoms in total. The first-order valence-electron chi connectivity index (χ1n) is 6.00. The van der Waals surface area contributed by atoms with Crippen molar-refractivity contribution in [1.29, 1.82) is 0 Å². The van der Waals surface area contributed by atoms with Crippen molar-refractivity contribution in [2.75, 3.05) is 5.75 Å². The Labute approximate surface area is 132 Å². The summed E-state index contributed by atoms with van der Waals surface area (Å²) in [6.07, 6.45) is 0.0679. The molecule has 0 aromatic heterocycles. The third-order valence-electron chi connectivity index (χ3n) is 2.46. The van der Waals surface area contributed by atoms with Crippen LogP contribution in [0, 0.1) is 0 Å². The molecule has 1 rings (SSSR count). The highest BCUT2D eigenvalue weighted by Gasteiger charge is 2.30. The molecular weight excluding hydrogens is 312 g/mol. The van der Waals surface area contributed by atoms with Gasteiger partial charge in [-0.2, -0.15) is 0 Å². The normalized spacial score (nSPS) is 11.1. The minimum atomic E-state index is -0.843. The van der Waals surface area contributed by atoms with Crippen molar-refractivity contribution in [2.24, 2.45) is 0 Å². The molecule has 0 aliphatic carbocycles. The van der Waals surface area contributed by atoms with Gasteiger partial charge < -0.3 is 5.11 Å². The van der Waals surface area contributed by atoms with Crippen LogP contribution in [-0.2, 0) is 4.79 Å². The highest BCUT2D eigenvalue weighted by Crippen LogP contribution is 2.33. The second kappa shape index (κ2) is 7.81. The zero-order chi connectivity index (χ0) is 15.2. The number of rotatable bonds is 6. The Morgan fingerprint density at radius 1 is 1.25 bits per heavy atom. The molecule has 0 saturated heterocycles. The summed E-state index contributed by atoms with van der Waals surface area (Å²) in [5.74, 6) is -0.397. The summed E-state index contributed by atoms with van der Waals surface area (Å²) in [4.78, 5) is 22.8. The molecule has 0 amide bonds. The fraction of sp³-hybridized carbons (Fsp3) is 0.357. The summed E-state index contributed by atoms with van der Waals surface area (Å²) in [6.45, 7) is 3.66. The molecule has 20 heavy (non-hydrogen) atoms. The highest BCUT2D eigenvalue weighted by molar-refractivity contribution is 8.47. The van der Waals surface area contributed by atoms with E-state index in [1.165, 1.54) is 23.5 Å². The van der Waals surface area contributed by atoms with Gasteiger partial charge in [0.05, 0.1) is 11.2 Å². The van der Waals surface area contributed by atoms with Gasteiger partial charge in [-0.15, -0.1) is 11.8 Å². The lowest BCUT2D eigenvalue weighted by atomic mass is 10.0. The first kappa shape index (κ1) is 17.2. The molecule has 0 aliphatic heterocycles. The average molecular weight is 328 g/mol. The third kappa shape index (κ3) is 5.64. The van der Waals surface area contributed by atoms with Crippen molar-refractivity contribution >= 4 is 51.0 Å². The largest absolute Gasteiger partial charge is 0.481 e. The van der Waals surface area contributed by atoms with E-state index < -0.39 is 10.7 Å². The molecule has 6 heteroatoms. The first-order valence-corrected chi connectivity index (χ1v) is 8.21. The lowest BCUT2D eigenvalue weighted by Crippen LogP contribution is -2.28. The Kier molecular flexibility index (Phi) is 6.71. The number of aliphatic carboxylic acids is 1. The van der Waals surface area contributed by atoms with Crippen molar-refractivity contribution in [1.82, 2.24) is 0 Å². The van der Waals surface area contributed by atoms with E-state index in [0.717, 1.165) is 0 Å². The van der Waals surface area contributed by atoms with E-state index in [0.29, 0.717) is 14.8 Å². The van der Waals surface area contributed by atoms with Crippen molar-refractivity contribution < 1.29 is 14.7 Å². The van der Waals surface area contributed by atoms with Gasteiger partial charge >= 0.3 is 5.97 Å². The third-order valence-corrected chi connectivity index (χ3v) is 5.17. The second-order valence-electron chi connectivity index (χ2n) is 4.55. The fourth-order valence-electron chi connectivity index (χ4n) is 1.44. The molecule has 1 aromatic rings. The molecule has 0 heterocycles. The predicted molar refractivity (Wildman–Crippen MR) is 89.8 cm³/mol. The average Bonchev–Trinajstić information content (AvgIpc) is 2.37. The maximum absolute atomic E-state index is 12.4. The van der Waals surface area contributed by atoms with E-state index in [2.05, 4.69) is 0 Å². The van der Waals surface area contributed by atoms with Gasteiger partial charge in [-0.05, 0) is 13.8 Å². The summed E-state index contributed by atoms with van der Waals surface area (Å²) in [6, 6.07) is 9.08. The van der Waals surface area contributed by atoms with Gasteiger partial charge in [0.25, 0.3) is 0 Å². The zero-order valence-corrected chi connectivity index (χ0v) is 13.7. The second-order valence-corrected chi connectivity index (χ2v) is 8.47. The van der Waals surface area contributed by atoms with E-state index >= 15 is 0 Å². The van der Waals surface area contributed by atoms with E-state index in [1.54, 1.807) is 12.1 Å². The number of Topliss-reactive ketones (excluding diaryl/α,β-unsaturated/α-hetero) is 1. The number of carboxylic acids is 1. The van der Waals surface area contributed by atoms with Crippen molar-refractivity contribution in [3.8, 4) is 0 Å². The first-order chi connectivity index (χ1) is 9.33. The van der Waals surface area contributed by atoms with Gasteiger partial charge in [-0.25, -0.2) is 0 Å². The zero-order valence-electron chi connectivity index (χ0n) is 11.3. The molecule has 1 aromatic carbocycles. The van der Waals surface area contributed by atoms with Crippen LogP contribution in [0.2, 0.25) is 0 Å². The number of carbonyl (C=O) groups is 2. The van der Waals surface area contributed by atoms with E-state index in [-0.39, 0.29) is 12.2 Å². The Morgan fingerprint density at radius 3 is 2.40 bits per heavy atom. The number of thiocarbonyl (C=S) groups is 1. The molecule has 0 atom stereocenters. The van der Waals surface area contributed by atoms with Gasteiger partial charge in [-0.1, -0.05) is 54.3 Å². The predicted octanol–water partition coefficient (Wildman–Crippen LogP) is 3.87. The smallest absolute Gasteiger partial charge is 0.304 e.